The molecule has 0 unspecified atom stereocenters. The van der Waals surface area contributed by atoms with E-state index in [0.29, 0.717) is 0 Å². The highest BCUT2D eigenvalue weighted by atomic mass is 16.5. The van der Waals surface area contributed by atoms with Gasteiger partial charge in [-0.3, -0.25) is 9.48 Å². The summed E-state index contributed by atoms with van der Waals surface area (Å²) in [6, 6.07) is 9.28. The summed E-state index contributed by atoms with van der Waals surface area (Å²) >= 11 is 0. The van der Waals surface area contributed by atoms with Crippen molar-refractivity contribution in [2.75, 3.05) is 0 Å². The fourth-order valence-corrected chi connectivity index (χ4v) is 1.56. The minimum Gasteiger partial charge on any atom is -0.483 e. The molecule has 0 aliphatic rings. The molecule has 1 N–H and O–H groups in total. The first-order valence-corrected chi connectivity index (χ1v) is 5.56. The van der Waals surface area contributed by atoms with E-state index in [1.165, 1.54) is 17.9 Å². The summed E-state index contributed by atoms with van der Waals surface area (Å²) in [6.07, 6.45) is 1.36. The molecular weight excluding hydrogens is 248 g/mol. The lowest BCUT2D eigenvalue weighted by Crippen LogP contribution is -2.22. The molecule has 6 heteroatoms. The maximum atomic E-state index is 11.8. The SMILES string of the molecule is Cn1cc(OCc2ccccc2)c(=O)c(C(=O)O)n1. The average molecular weight is 260 g/mol. The van der Waals surface area contributed by atoms with Gasteiger partial charge in [-0.2, -0.15) is 5.10 Å². The average Bonchev–Trinajstić information content (AvgIpc) is 2.40. The van der Waals surface area contributed by atoms with Crippen LogP contribution in [0.2, 0.25) is 0 Å². The Balaban J connectivity index is 2.26. The molecule has 0 amide bonds. The van der Waals surface area contributed by atoms with Gasteiger partial charge in [-0.1, -0.05) is 30.3 Å². The van der Waals surface area contributed by atoms with Gasteiger partial charge in [0.05, 0.1) is 6.20 Å². The number of aromatic carboxylic acids is 1. The van der Waals surface area contributed by atoms with Crippen LogP contribution in [0.15, 0.2) is 41.3 Å². The van der Waals surface area contributed by atoms with Gasteiger partial charge in [0, 0.05) is 7.05 Å². The molecule has 0 fully saturated rings. The summed E-state index contributed by atoms with van der Waals surface area (Å²) in [5.41, 5.74) is -0.382. The molecule has 0 spiro atoms. The van der Waals surface area contributed by atoms with Crippen molar-refractivity contribution in [3.8, 4) is 5.75 Å². The third kappa shape index (κ3) is 2.98. The molecule has 0 aliphatic carbocycles. The van der Waals surface area contributed by atoms with Crippen LogP contribution in [0, 0.1) is 0 Å². The normalized spacial score (nSPS) is 10.2. The highest BCUT2D eigenvalue weighted by molar-refractivity contribution is 5.85. The minimum absolute atomic E-state index is 0.0289. The number of ether oxygens (including phenoxy) is 1. The van der Waals surface area contributed by atoms with E-state index in [4.69, 9.17) is 9.84 Å². The quantitative estimate of drug-likeness (QED) is 0.888. The zero-order valence-electron chi connectivity index (χ0n) is 10.2. The number of aryl methyl sites for hydroxylation is 1. The molecule has 6 nitrogen and oxygen atoms in total. The zero-order chi connectivity index (χ0) is 13.8. The minimum atomic E-state index is -1.37. The van der Waals surface area contributed by atoms with Crippen molar-refractivity contribution in [1.82, 2.24) is 9.78 Å². The molecule has 0 saturated carbocycles. The van der Waals surface area contributed by atoms with Crippen LogP contribution >= 0.6 is 0 Å². The van der Waals surface area contributed by atoms with Gasteiger partial charge in [-0.15, -0.1) is 0 Å². The van der Waals surface area contributed by atoms with Gasteiger partial charge in [-0.25, -0.2) is 4.79 Å². The van der Waals surface area contributed by atoms with E-state index in [9.17, 15) is 9.59 Å². The summed E-state index contributed by atoms with van der Waals surface area (Å²) in [4.78, 5) is 22.7. The Labute approximate surface area is 108 Å². The first-order valence-electron chi connectivity index (χ1n) is 5.56. The molecule has 0 atom stereocenters. The Morgan fingerprint density at radius 3 is 2.68 bits per heavy atom. The van der Waals surface area contributed by atoms with Crippen LogP contribution in [0.25, 0.3) is 0 Å². The van der Waals surface area contributed by atoms with Crippen LogP contribution in [0.1, 0.15) is 16.1 Å². The number of hydrogen-bond donors (Lipinski definition) is 1. The predicted molar refractivity (Wildman–Crippen MR) is 67.2 cm³/mol. The number of carbonyl (C=O) groups is 1. The lowest BCUT2D eigenvalue weighted by molar-refractivity contribution is 0.0685. The van der Waals surface area contributed by atoms with Gasteiger partial charge in [0.15, 0.2) is 5.75 Å². The molecule has 2 rings (SSSR count). The standard InChI is InChI=1S/C13H12N2O4/c1-15-7-10(12(16)11(14-15)13(17)18)19-8-9-5-3-2-4-6-9/h2-7H,8H2,1H3,(H,17,18). The van der Waals surface area contributed by atoms with Crippen molar-refractivity contribution < 1.29 is 14.6 Å². The number of benzene rings is 1. The third-order valence-corrected chi connectivity index (χ3v) is 2.44. The van der Waals surface area contributed by atoms with E-state index in [-0.39, 0.29) is 12.4 Å². The molecular formula is C13H12N2O4. The molecule has 0 aliphatic heterocycles. The number of carboxylic acids is 1. The van der Waals surface area contributed by atoms with Crippen molar-refractivity contribution >= 4 is 5.97 Å². The van der Waals surface area contributed by atoms with Crippen molar-refractivity contribution in [3.05, 3.63) is 58.0 Å². The molecule has 1 heterocycles. The third-order valence-electron chi connectivity index (χ3n) is 2.44. The van der Waals surface area contributed by atoms with Crippen molar-refractivity contribution in [3.63, 3.8) is 0 Å². The van der Waals surface area contributed by atoms with E-state index in [2.05, 4.69) is 5.10 Å². The second-order valence-corrected chi connectivity index (χ2v) is 3.92. The Morgan fingerprint density at radius 2 is 2.05 bits per heavy atom. The van der Waals surface area contributed by atoms with Gasteiger partial charge in [-0.05, 0) is 5.56 Å². The van der Waals surface area contributed by atoms with E-state index in [1.54, 1.807) is 0 Å². The van der Waals surface area contributed by atoms with Crippen LogP contribution in [0.4, 0.5) is 0 Å². The molecule has 0 bridgehead atoms. The van der Waals surface area contributed by atoms with E-state index < -0.39 is 17.1 Å². The maximum absolute atomic E-state index is 11.8. The monoisotopic (exact) mass is 260 g/mol. The molecule has 1 aromatic carbocycles. The van der Waals surface area contributed by atoms with Crippen LogP contribution in [0.5, 0.6) is 5.75 Å². The van der Waals surface area contributed by atoms with Gasteiger partial charge in [0.2, 0.25) is 5.69 Å². The molecule has 0 saturated heterocycles. The van der Waals surface area contributed by atoms with E-state index in [1.807, 2.05) is 30.3 Å². The summed E-state index contributed by atoms with van der Waals surface area (Å²) in [7, 11) is 1.53. The summed E-state index contributed by atoms with van der Waals surface area (Å²) in [5.74, 6) is -1.40. The van der Waals surface area contributed by atoms with Crippen LogP contribution in [-0.2, 0) is 13.7 Å². The van der Waals surface area contributed by atoms with Gasteiger partial charge >= 0.3 is 5.97 Å². The van der Waals surface area contributed by atoms with E-state index >= 15 is 0 Å². The summed E-state index contributed by atoms with van der Waals surface area (Å²) in [6.45, 7) is 0.194. The number of carboxylic acid groups (broad SMARTS) is 1. The number of nitrogens with zero attached hydrogens (tertiary/aromatic N) is 2. The topological polar surface area (TPSA) is 81.4 Å². The van der Waals surface area contributed by atoms with Crippen molar-refractivity contribution in [2.45, 2.75) is 6.61 Å². The van der Waals surface area contributed by atoms with Gasteiger partial charge < -0.3 is 9.84 Å². The Kier molecular flexibility index (Phi) is 3.61. The van der Waals surface area contributed by atoms with Gasteiger partial charge in [0.25, 0.3) is 5.43 Å². The fraction of sp³-hybridized carbons (Fsp3) is 0.154. The highest BCUT2D eigenvalue weighted by Crippen LogP contribution is 2.07. The smallest absolute Gasteiger partial charge is 0.360 e. The fourth-order valence-electron chi connectivity index (χ4n) is 1.56. The van der Waals surface area contributed by atoms with Crippen molar-refractivity contribution in [1.29, 1.82) is 0 Å². The number of hydrogen-bond acceptors (Lipinski definition) is 4. The first-order chi connectivity index (χ1) is 9.08. The lowest BCUT2D eigenvalue weighted by Gasteiger charge is -2.07. The second kappa shape index (κ2) is 5.34. The molecule has 19 heavy (non-hydrogen) atoms. The Hall–Kier alpha value is -2.63. The molecule has 98 valence electrons. The van der Waals surface area contributed by atoms with Crippen LogP contribution in [0.3, 0.4) is 0 Å². The van der Waals surface area contributed by atoms with Crippen LogP contribution < -0.4 is 10.2 Å². The molecule has 0 radical (unpaired) electrons. The van der Waals surface area contributed by atoms with E-state index in [0.717, 1.165) is 5.56 Å². The van der Waals surface area contributed by atoms with Gasteiger partial charge in [0.1, 0.15) is 6.61 Å². The number of rotatable bonds is 4. The maximum Gasteiger partial charge on any atom is 0.360 e. The largest absolute Gasteiger partial charge is 0.483 e. The zero-order valence-corrected chi connectivity index (χ0v) is 10.2. The van der Waals surface area contributed by atoms with Crippen LogP contribution in [-0.4, -0.2) is 20.9 Å². The lowest BCUT2D eigenvalue weighted by atomic mass is 10.2. The summed E-state index contributed by atoms with van der Waals surface area (Å²) in [5, 5.41) is 12.5. The summed E-state index contributed by atoms with van der Waals surface area (Å²) < 4.78 is 6.60. The van der Waals surface area contributed by atoms with Crippen molar-refractivity contribution in [2.24, 2.45) is 7.05 Å². The second-order valence-electron chi connectivity index (χ2n) is 3.92. The first kappa shape index (κ1) is 12.8. The number of aromatic nitrogens is 2. The Morgan fingerprint density at radius 1 is 1.37 bits per heavy atom. The Bertz CT molecular complexity index is 649. The highest BCUT2D eigenvalue weighted by Gasteiger charge is 2.15. The molecule has 1 aromatic heterocycles. The molecule has 2 aromatic rings. The predicted octanol–water partition coefficient (Wildman–Crippen LogP) is 1.06.